The Balaban J connectivity index is 1.47. The third-order valence-electron chi connectivity index (χ3n) is 4.61. The highest BCUT2D eigenvalue weighted by atomic mass is 16.5. The lowest BCUT2D eigenvalue weighted by Crippen LogP contribution is -2.24. The smallest absolute Gasteiger partial charge is 0.120 e. The fraction of sp³-hybridized carbons (Fsp3) is 0.227. The summed E-state index contributed by atoms with van der Waals surface area (Å²) >= 11 is 0. The van der Waals surface area contributed by atoms with Crippen LogP contribution in [0.1, 0.15) is 12.7 Å². The Labute approximate surface area is 152 Å². The molecule has 0 aliphatic carbocycles. The number of imidazole rings is 1. The van der Waals surface area contributed by atoms with E-state index >= 15 is 0 Å². The van der Waals surface area contributed by atoms with Crippen LogP contribution in [-0.2, 0) is 13.0 Å². The molecule has 0 aliphatic heterocycles. The highest BCUT2D eigenvalue weighted by Gasteiger charge is 2.13. The number of rotatable bonds is 6. The number of aliphatic hydroxyl groups excluding tert-OH is 1. The third-order valence-corrected chi connectivity index (χ3v) is 4.61. The average Bonchev–Trinajstić information content (AvgIpc) is 3.04. The molecule has 4 heteroatoms. The molecule has 3 aromatic carbocycles. The fourth-order valence-corrected chi connectivity index (χ4v) is 3.31. The molecule has 1 atom stereocenters. The zero-order valence-corrected chi connectivity index (χ0v) is 14.8. The Bertz CT molecular complexity index is 1040. The summed E-state index contributed by atoms with van der Waals surface area (Å²) in [6.45, 7) is 2.79. The summed E-state index contributed by atoms with van der Waals surface area (Å²) in [6.07, 6.45) is 0.219. The van der Waals surface area contributed by atoms with Crippen molar-refractivity contribution in [2.75, 3.05) is 6.61 Å². The molecule has 0 aliphatic rings. The predicted molar refractivity (Wildman–Crippen MR) is 105 cm³/mol. The van der Waals surface area contributed by atoms with Crippen molar-refractivity contribution in [3.8, 4) is 5.75 Å². The second-order valence-corrected chi connectivity index (χ2v) is 6.45. The lowest BCUT2D eigenvalue weighted by Gasteiger charge is -2.15. The molecule has 26 heavy (non-hydrogen) atoms. The van der Waals surface area contributed by atoms with E-state index in [0.717, 1.165) is 34.4 Å². The first-order chi connectivity index (χ1) is 12.7. The molecule has 1 unspecified atom stereocenters. The normalized spacial score (nSPS) is 12.5. The van der Waals surface area contributed by atoms with E-state index in [0.29, 0.717) is 6.54 Å². The van der Waals surface area contributed by atoms with Crippen molar-refractivity contribution >= 4 is 21.8 Å². The van der Waals surface area contributed by atoms with Crippen molar-refractivity contribution in [1.82, 2.24) is 9.55 Å². The first-order valence-corrected chi connectivity index (χ1v) is 8.98. The summed E-state index contributed by atoms with van der Waals surface area (Å²) in [6, 6.07) is 22.2. The minimum absolute atomic E-state index is 0.244. The zero-order chi connectivity index (χ0) is 17.9. The minimum atomic E-state index is -0.607. The molecule has 1 aromatic heterocycles. The van der Waals surface area contributed by atoms with Crippen LogP contribution in [0.25, 0.3) is 21.8 Å². The summed E-state index contributed by atoms with van der Waals surface area (Å²) in [5.74, 6) is 1.75. The maximum absolute atomic E-state index is 10.5. The van der Waals surface area contributed by atoms with Crippen molar-refractivity contribution in [2.24, 2.45) is 0 Å². The van der Waals surface area contributed by atoms with Crippen molar-refractivity contribution < 1.29 is 9.84 Å². The Morgan fingerprint density at radius 1 is 1.00 bits per heavy atom. The highest BCUT2D eigenvalue weighted by Crippen LogP contribution is 2.21. The van der Waals surface area contributed by atoms with Gasteiger partial charge in [0, 0.05) is 6.42 Å². The maximum Gasteiger partial charge on any atom is 0.120 e. The highest BCUT2D eigenvalue weighted by molar-refractivity contribution is 5.83. The summed E-state index contributed by atoms with van der Waals surface area (Å²) in [4.78, 5) is 4.65. The Morgan fingerprint density at radius 3 is 2.62 bits per heavy atom. The van der Waals surface area contributed by atoms with Gasteiger partial charge in [-0.25, -0.2) is 4.98 Å². The number of aromatic nitrogens is 2. The zero-order valence-electron chi connectivity index (χ0n) is 14.8. The lowest BCUT2D eigenvalue weighted by atomic mass is 10.1. The number of aliphatic hydroxyl groups is 1. The molecule has 4 nitrogen and oxygen atoms in total. The van der Waals surface area contributed by atoms with Crippen LogP contribution in [0, 0.1) is 0 Å². The van der Waals surface area contributed by atoms with Gasteiger partial charge in [-0.2, -0.15) is 0 Å². The summed E-state index contributed by atoms with van der Waals surface area (Å²) < 4.78 is 7.91. The van der Waals surface area contributed by atoms with Crippen LogP contribution in [0.3, 0.4) is 0 Å². The monoisotopic (exact) mass is 346 g/mol. The Kier molecular flexibility index (Phi) is 4.59. The van der Waals surface area contributed by atoms with Gasteiger partial charge in [0.15, 0.2) is 0 Å². The number of benzene rings is 3. The largest absolute Gasteiger partial charge is 0.491 e. The second kappa shape index (κ2) is 7.18. The molecule has 0 radical (unpaired) electrons. The molecule has 0 amide bonds. The van der Waals surface area contributed by atoms with Gasteiger partial charge in [0.2, 0.25) is 0 Å². The first kappa shape index (κ1) is 16.6. The minimum Gasteiger partial charge on any atom is -0.491 e. The molecular weight excluding hydrogens is 324 g/mol. The molecule has 4 rings (SSSR count). The van der Waals surface area contributed by atoms with Gasteiger partial charge in [0.25, 0.3) is 0 Å². The summed E-state index contributed by atoms with van der Waals surface area (Å²) in [5, 5.41) is 12.8. The molecule has 1 heterocycles. The number of para-hydroxylation sites is 2. The van der Waals surface area contributed by atoms with Crippen LogP contribution in [0.5, 0.6) is 5.75 Å². The number of hydrogen-bond acceptors (Lipinski definition) is 3. The van der Waals surface area contributed by atoms with E-state index in [4.69, 9.17) is 4.74 Å². The quantitative estimate of drug-likeness (QED) is 0.569. The van der Waals surface area contributed by atoms with E-state index in [1.165, 1.54) is 5.39 Å². The van der Waals surface area contributed by atoms with Crippen LogP contribution in [0.4, 0.5) is 0 Å². The predicted octanol–water partition coefficient (Wildman–Crippen LogP) is 4.19. The Morgan fingerprint density at radius 2 is 1.77 bits per heavy atom. The Hall–Kier alpha value is -2.85. The molecule has 4 aromatic rings. The van der Waals surface area contributed by atoms with Gasteiger partial charge in [0.05, 0.1) is 17.6 Å². The summed E-state index contributed by atoms with van der Waals surface area (Å²) in [5.41, 5.74) is 2.01. The van der Waals surface area contributed by atoms with E-state index < -0.39 is 6.10 Å². The lowest BCUT2D eigenvalue weighted by molar-refractivity contribution is 0.0928. The van der Waals surface area contributed by atoms with E-state index in [1.807, 2.05) is 54.6 Å². The summed E-state index contributed by atoms with van der Waals surface area (Å²) in [7, 11) is 0. The van der Waals surface area contributed by atoms with Crippen LogP contribution in [-0.4, -0.2) is 27.4 Å². The van der Waals surface area contributed by atoms with Gasteiger partial charge in [-0.15, -0.1) is 0 Å². The number of ether oxygens (including phenoxy) is 1. The number of hydrogen-bond donors (Lipinski definition) is 1. The fourth-order valence-electron chi connectivity index (χ4n) is 3.31. The van der Waals surface area contributed by atoms with Gasteiger partial charge >= 0.3 is 0 Å². The van der Waals surface area contributed by atoms with Gasteiger partial charge in [0.1, 0.15) is 24.3 Å². The third kappa shape index (κ3) is 3.28. The first-order valence-electron chi connectivity index (χ1n) is 8.98. The van der Waals surface area contributed by atoms with E-state index in [-0.39, 0.29) is 6.61 Å². The van der Waals surface area contributed by atoms with Crippen molar-refractivity contribution in [3.05, 3.63) is 72.6 Å². The molecule has 132 valence electrons. The second-order valence-electron chi connectivity index (χ2n) is 6.45. The molecule has 0 fully saturated rings. The van der Waals surface area contributed by atoms with E-state index in [9.17, 15) is 5.11 Å². The average molecular weight is 346 g/mol. The molecule has 1 N–H and O–H groups in total. The standard InChI is InChI=1S/C22H22N2O2/c1-2-22-23-20-9-5-6-10-21(20)24(22)14-18(25)15-26-19-12-11-16-7-3-4-8-17(16)13-19/h3-13,18,25H,2,14-15H2,1H3. The maximum atomic E-state index is 10.5. The van der Waals surface area contributed by atoms with Gasteiger partial charge in [-0.3, -0.25) is 0 Å². The number of fused-ring (bicyclic) bond motifs is 2. The molecule has 0 spiro atoms. The van der Waals surface area contributed by atoms with Gasteiger partial charge in [-0.05, 0) is 35.0 Å². The number of aryl methyl sites for hydroxylation is 1. The van der Waals surface area contributed by atoms with Crippen molar-refractivity contribution in [3.63, 3.8) is 0 Å². The van der Waals surface area contributed by atoms with Crippen molar-refractivity contribution in [2.45, 2.75) is 26.0 Å². The molecule has 0 bridgehead atoms. The number of nitrogens with zero attached hydrogens (tertiary/aromatic N) is 2. The van der Waals surface area contributed by atoms with Crippen LogP contribution in [0.2, 0.25) is 0 Å². The van der Waals surface area contributed by atoms with Crippen LogP contribution in [0.15, 0.2) is 66.7 Å². The van der Waals surface area contributed by atoms with Crippen LogP contribution < -0.4 is 4.74 Å². The van der Waals surface area contributed by atoms with E-state index in [1.54, 1.807) is 0 Å². The molecular formula is C22H22N2O2. The van der Waals surface area contributed by atoms with Crippen molar-refractivity contribution in [1.29, 1.82) is 0 Å². The van der Waals surface area contributed by atoms with Gasteiger partial charge < -0.3 is 14.4 Å². The topological polar surface area (TPSA) is 47.3 Å². The SMILES string of the molecule is CCc1nc2ccccc2n1CC(O)COc1ccc2ccccc2c1. The molecule has 0 saturated heterocycles. The van der Waals surface area contributed by atoms with E-state index in [2.05, 4.69) is 28.6 Å². The van der Waals surface area contributed by atoms with Crippen LogP contribution >= 0.6 is 0 Å². The van der Waals surface area contributed by atoms with Gasteiger partial charge in [-0.1, -0.05) is 49.4 Å². The molecule has 0 saturated carbocycles.